The molecule has 0 saturated heterocycles. The summed E-state index contributed by atoms with van der Waals surface area (Å²) in [4.78, 5) is 6.69. The molecule has 0 unspecified atom stereocenters. The molecule has 21 heavy (non-hydrogen) atoms. The van der Waals surface area contributed by atoms with Crippen molar-refractivity contribution in [3.63, 3.8) is 0 Å². The van der Waals surface area contributed by atoms with Gasteiger partial charge in [0.2, 0.25) is 15.8 Å². The maximum absolute atomic E-state index is 12.6. The molecule has 0 aromatic carbocycles. The van der Waals surface area contributed by atoms with Gasteiger partial charge >= 0.3 is 6.18 Å². The molecule has 0 saturated carbocycles. The lowest BCUT2D eigenvalue weighted by molar-refractivity contribution is -0.144. The molecular formula is C10H16F3N5O2S. The van der Waals surface area contributed by atoms with Crippen LogP contribution in [0.3, 0.4) is 0 Å². The maximum atomic E-state index is 12.6. The van der Waals surface area contributed by atoms with E-state index in [1.54, 1.807) is 0 Å². The van der Waals surface area contributed by atoms with Crippen LogP contribution in [0.25, 0.3) is 0 Å². The molecule has 0 aliphatic heterocycles. The molecule has 0 amide bonds. The van der Waals surface area contributed by atoms with Gasteiger partial charge in [-0.2, -0.15) is 13.2 Å². The summed E-state index contributed by atoms with van der Waals surface area (Å²) in [6.45, 7) is 0.446. The van der Waals surface area contributed by atoms with Crippen LogP contribution >= 0.6 is 0 Å². The van der Waals surface area contributed by atoms with Gasteiger partial charge in [0.25, 0.3) is 0 Å². The van der Waals surface area contributed by atoms with Gasteiger partial charge in [-0.3, -0.25) is 0 Å². The number of hydrogen-bond acceptors (Lipinski definition) is 6. The fourth-order valence-corrected chi connectivity index (χ4v) is 1.87. The molecule has 0 fully saturated rings. The van der Waals surface area contributed by atoms with E-state index in [9.17, 15) is 21.6 Å². The summed E-state index contributed by atoms with van der Waals surface area (Å²) in [6, 6.07) is 1.33. The minimum absolute atomic E-state index is 0.0148. The average molecular weight is 327 g/mol. The number of hydrogen-bond donors (Lipinski definition) is 3. The lowest BCUT2D eigenvalue weighted by atomic mass is 10.4. The molecular weight excluding hydrogens is 311 g/mol. The minimum Gasteiger partial charge on any atom is -0.373 e. The molecule has 0 spiro atoms. The van der Waals surface area contributed by atoms with E-state index < -0.39 is 22.0 Å². The second kappa shape index (κ2) is 6.89. The van der Waals surface area contributed by atoms with E-state index in [1.807, 2.05) is 0 Å². The molecule has 1 heterocycles. The van der Waals surface area contributed by atoms with Gasteiger partial charge < -0.3 is 10.6 Å². The predicted octanol–water partition coefficient (Wildman–Crippen LogP) is 0.888. The van der Waals surface area contributed by atoms with Crippen LogP contribution in [0, 0.1) is 0 Å². The first-order chi connectivity index (χ1) is 9.62. The molecule has 0 bridgehead atoms. The first-order valence-electron chi connectivity index (χ1n) is 5.94. The second-order valence-corrected chi connectivity index (χ2v) is 5.99. The predicted molar refractivity (Wildman–Crippen MR) is 72.5 cm³/mol. The normalized spacial score (nSPS) is 12.2. The van der Waals surface area contributed by atoms with Gasteiger partial charge in [0.05, 0.1) is 6.26 Å². The third-order valence-corrected chi connectivity index (χ3v) is 2.99. The zero-order valence-corrected chi connectivity index (χ0v) is 12.3. The zero-order chi connectivity index (χ0) is 16.1. The van der Waals surface area contributed by atoms with Gasteiger partial charge in [0.15, 0.2) is 0 Å². The fraction of sp³-hybridized carbons (Fsp3) is 0.600. The summed E-state index contributed by atoms with van der Waals surface area (Å²) in [5.41, 5.74) is 0. The molecule has 0 aliphatic rings. The van der Waals surface area contributed by atoms with Crippen molar-refractivity contribution in [1.82, 2.24) is 14.7 Å². The molecule has 1 aromatic rings. The van der Waals surface area contributed by atoms with Crippen LogP contribution < -0.4 is 15.4 Å². The Morgan fingerprint density at radius 3 is 2.33 bits per heavy atom. The zero-order valence-electron chi connectivity index (χ0n) is 11.5. The number of halogens is 3. The Labute approximate surface area is 120 Å². The number of nitrogens with zero attached hydrogens (tertiary/aromatic N) is 2. The van der Waals surface area contributed by atoms with E-state index in [0.717, 1.165) is 6.26 Å². The summed E-state index contributed by atoms with van der Waals surface area (Å²) in [6.07, 6.45) is -3.21. The van der Waals surface area contributed by atoms with Gasteiger partial charge in [0.1, 0.15) is 11.6 Å². The number of alkyl halides is 3. The molecule has 120 valence electrons. The smallest absolute Gasteiger partial charge is 0.373 e. The van der Waals surface area contributed by atoms with Crippen LogP contribution in [0.2, 0.25) is 0 Å². The second-order valence-electron chi connectivity index (χ2n) is 4.16. The molecule has 7 nitrogen and oxygen atoms in total. The molecule has 0 atom stereocenters. The molecule has 3 N–H and O–H groups in total. The van der Waals surface area contributed by atoms with Gasteiger partial charge in [-0.05, 0) is 6.42 Å². The van der Waals surface area contributed by atoms with Crippen molar-refractivity contribution >= 4 is 21.7 Å². The standard InChI is InChI=1S/C10H16F3N5O2S/c1-14-7-6-8(18-9(17-7)10(11,12)13)15-4-3-5-16-21(2,19)20/h6,16H,3-5H2,1-2H3,(H2,14,15,17,18). The number of aromatic nitrogens is 2. The Balaban J connectivity index is 2.62. The number of nitrogens with one attached hydrogen (secondary N) is 3. The Morgan fingerprint density at radius 1 is 1.19 bits per heavy atom. The molecule has 0 aliphatic carbocycles. The SMILES string of the molecule is CNc1cc(NCCCNS(C)(=O)=O)nc(C(F)(F)F)n1. The fourth-order valence-electron chi connectivity index (χ4n) is 1.36. The van der Waals surface area contributed by atoms with Crippen molar-refractivity contribution in [3.05, 3.63) is 11.9 Å². The van der Waals surface area contributed by atoms with E-state index in [0.29, 0.717) is 6.42 Å². The van der Waals surface area contributed by atoms with Crippen molar-refractivity contribution in [2.45, 2.75) is 12.6 Å². The third kappa shape index (κ3) is 6.58. The summed E-state index contributed by atoms with van der Waals surface area (Å²) in [5, 5.41) is 5.21. The first kappa shape index (κ1) is 17.4. The van der Waals surface area contributed by atoms with Crippen LogP contribution in [0.15, 0.2) is 6.07 Å². The van der Waals surface area contributed by atoms with Crippen molar-refractivity contribution in [1.29, 1.82) is 0 Å². The molecule has 0 radical (unpaired) electrons. The van der Waals surface area contributed by atoms with Crippen LogP contribution in [-0.2, 0) is 16.2 Å². The van der Waals surface area contributed by atoms with Gasteiger partial charge in [-0.15, -0.1) is 0 Å². The van der Waals surface area contributed by atoms with Crippen LogP contribution in [0.5, 0.6) is 0 Å². The van der Waals surface area contributed by atoms with Crippen LogP contribution in [0.1, 0.15) is 12.2 Å². The van der Waals surface area contributed by atoms with Crippen molar-refractivity contribution in [3.8, 4) is 0 Å². The maximum Gasteiger partial charge on any atom is 0.451 e. The number of anilines is 2. The highest BCUT2D eigenvalue weighted by molar-refractivity contribution is 7.88. The number of rotatable bonds is 7. The summed E-state index contributed by atoms with van der Waals surface area (Å²) in [7, 11) is -1.82. The Morgan fingerprint density at radius 2 is 1.81 bits per heavy atom. The lowest BCUT2D eigenvalue weighted by Gasteiger charge is -2.11. The summed E-state index contributed by atoms with van der Waals surface area (Å²) < 4.78 is 61.7. The Hall–Kier alpha value is -1.62. The monoisotopic (exact) mass is 327 g/mol. The number of sulfonamides is 1. The van der Waals surface area contributed by atoms with Crippen LogP contribution in [0.4, 0.5) is 24.8 Å². The van der Waals surface area contributed by atoms with E-state index in [2.05, 4.69) is 25.3 Å². The van der Waals surface area contributed by atoms with Gasteiger partial charge in [-0.1, -0.05) is 0 Å². The Bertz CT molecular complexity index is 577. The Kier molecular flexibility index (Phi) is 5.72. The minimum atomic E-state index is -4.64. The van der Waals surface area contributed by atoms with E-state index >= 15 is 0 Å². The summed E-state index contributed by atoms with van der Waals surface area (Å²) in [5.74, 6) is -1.19. The molecule has 11 heteroatoms. The molecule has 1 rings (SSSR count). The van der Waals surface area contributed by atoms with Crippen molar-refractivity contribution in [2.75, 3.05) is 37.0 Å². The van der Waals surface area contributed by atoms with Gasteiger partial charge in [-0.25, -0.2) is 23.1 Å². The highest BCUT2D eigenvalue weighted by atomic mass is 32.2. The van der Waals surface area contributed by atoms with E-state index in [-0.39, 0.29) is 24.7 Å². The third-order valence-electron chi connectivity index (χ3n) is 2.26. The topological polar surface area (TPSA) is 96.0 Å². The molecule has 1 aromatic heterocycles. The average Bonchev–Trinajstić information content (AvgIpc) is 2.35. The largest absolute Gasteiger partial charge is 0.451 e. The van der Waals surface area contributed by atoms with Gasteiger partial charge in [0, 0.05) is 26.2 Å². The highest BCUT2D eigenvalue weighted by Gasteiger charge is 2.35. The van der Waals surface area contributed by atoms with Crippen molar-refractivity contribution < 1.29 is 21.6 Å². The summed E-state index contributed by atoms with van der Waals surface area (Å²) >= 11 is 0. The van der Waals surface area contributed by atoms with Crippen molar-refractivity contribution in [2.24, 2.45) is 0 Å². The van der Waals surface area contributed by atoms with E-state index in [4.69, 9.17) is 0 Å². The van der Waals surface area contributed by atoms with E-state index in [1.165, 1.54) is 13.1 Å². The van der Waals surface area contributed by atoms with Crippen LogP contribution in [-0.4, -0.2) is 44.8 Å². The first-order valence-corrected chi connectivity index (χ1v) is 7.83. The lowest BCUT2D eigenvalue weighted by Crippen LogP contribution is -2.24. The highest BCUT2D eigenvalue weighted by Crippen LogP contribution is 2.28. The quantitative estimate of drug-likeness (QED) is 0.644.